The maximum atomic E-state index is 13.4. The second-order valence-corrected chi connectivity index (χ2v) is 19.0. The fourth-order valence-electron chi connectivity index (χ4n) is 5.57. The molecule has 1 atom stereocenters. The van der Waals surface area contributed by atoms with E-state index in [2.05, 4.69) is 53.8 Å². The highest BCUT2D eigenvalue weighted by Crippen LogP contribution is 2.39. The average molecular weight is 683 g/mol. The highest BCUT2D eigenvalue weighted by Gasteiger charge is 2.23. The van der Waals surface area contributed by atoms with Gasteiger partial charge in [-0.05, 0) is 48.7 Å². The minimum absolute atomic E-state index is 0.235. The fourth-order valence-corrected chi connectivity index (χ4v) is 6.62. The molecule has 1 N–H and O–H groups in total. The number of hydrogen-bond donors (Lipinski definition) is 1. The van der Waals surface area contributed by atoms with Crippen LogP contribution in [0.1, 0.15) is 31.1 Å². The van der Waals surface area contributed by atoms with E-state index < -0.39 is 20.3 Å². The topological polar surface area (TPSA) is 78.8 Å². The van der Waals surface area contributed by atoms with Gasteiger partial charge in [-0.15, -0.1) is 0 Å². The van der Waals surface area contributed by atoms with Gasteiger partial charge < -0.3 is 18.8 Å². The van der Waals surface area contributed by atoms with Crippen molar-refractivity contribution < 1.29 is 23.8 Å². The largest absolute Gasteiger partial charge is 0.466 e. The number of fused-ring (bicyclic) bond motifs is 1. The molecule has 1 aromatic heterocycles. The fraction of sp³-hybridized carbons (Fsp3) is 0.282. The number of nitrogens with zero attached hydrogens (tertiary/aromatic N) is 1. The maximum Gasteiger partial charge on any atom is 0.412 e. The zero-order valence-electron chi connectivity index (χ0n) is 28.2. The number of esters is 1. The van der Waals surface area contributed by atoms with Crippen LogP contribution in [-0.2, 0) is 32.2 Å². The summed E-state index contributed by atoms with van der Waals surface area (Å²) < 4.78 is 19.3. The molecule has 4 aromatic carbocycles. The molecule has 7 nitrogen and oxygen atoms in total. The van der Waals surface area contributed by atoms with Gasteiger partial charge >= 0.3 is 12.1 Å². The molecule has 0 aliphatic rings. The number of nitrogens with one attached hydrogen (secondary N) is 1. The third kappa shape index (κ3) is 8.75. The number of hydrogen-bond acceptors (Lipinski definition) is 5. The molecule has 0 radical (unpaired) electrons. The summed E-state index contributed by atoms with van der Waals surface area (Å²) in [5.74, 6) is -0.235. The van der Waals surface area contributed by atoms with Crippen molar-refractivity contribution in [1.29, 1.82) is 0 Å². The number of carbonyl (C=O) groups is 2. The van der Waals surface area contributed by atoms with Crippen LogP contribution in [0, 0.1) is 0 Å². The smallest absolute Gasteiger partial charge is 0.412 e. The van der Waals surface area contributed by atoms with Gasteiger partial charge in [0.1, 0.15) is 12.8 Å². The molecule has 1 heterocycles. The number of anilines is 1. The van der Waals surface area contributed by atoms with Gasteiger partial charge in [-0.2, -0.15) is 0 Å². The normalized spacial score (nSPS) is 12.1. The molecular formula is C39H43ClN2O5Si. The van der Waals surface area contributed by atoms with Gasteiger partial charge in [0, 0.05) is 36.2 Å². The summed E-state index contributed by atoms with van der Waals surface area (Å²) in [4.78, 5) is 25.4. The van der Waals surface area contributed by atoms with E-state index in [-0.39, 0.29) is 12.4 Å². The summed E-state index contributed by atoms with van der Waals surface area (Å²) in [5.41, 5.74) is 7.01. The van der Waals surface area contributed by atoms with Gasteiger partial charge in [-0.1, -0.05) is 116 Å². The Morgan fingerprint density at radius 1 is 0.854 bits per heavy atom. The Balaban J connectivity index is 1.47. The van der Waals surface area contributed by atoms with Crippen LogP contribution >= 0.6 is 11.6 Å². The van der Waals surface area contributed by atoms with Crippen LogP contribution in [0.3, 0.4) is 0 Å². The molecule has 9 heteroatoms. The van der Waals surface area contributed by atoms with E-state index in [0.717, 1.165) is 50.5 Å². The van der Waals surface area contributed by atoms with Crippen molar-refractivity contribution in [2.75, 3.05) is 18.5 Å². The zero-order valence-corrected chi connectivity index (χ0v) is 30.0. The minimum atomic E-state index is -1.29. The summed E-state index contributed by atoms with van der Waals surface area (Å²) in [6.45, 7) is 12.0. The number of amides is 1. The van der Waals surface area contributed by atoms with E-state index in [0.29, 0.717) is 30.7 Å². The molecule has 0 spiro atoms. The highest BCUT2D eigenvalue weighted by molar-refractivity contribution is 6.76. The summed E-state index contributed by atoms with van der Waals surface area (Å²) in [6.07, 6.45) is -0.887. The summed E-state index contributed by atoms with van der Waals surface area (Å²) >= 11 is 6.39. The van der Waals surface area contributed by atoms with Crippen LogP contribution in [-0.4, -0.2) is 37.9 Å². The van der Waals surface area contributed by atoms with Gasteiger partial charge in [-0.3, -0.25) is 10.1 Å². The Morgan fingerprint density at radius 2 is 1.48 bits per heavy atom. The summed E-state index contributed by atoms with van der Waals surface area (Å²) in [7, 11) is -1.29. The molecule has 0 saturated carbocycles. The van der Waals surface area contributed by atoms with Crippen molar-refractivity contribution in [3.05, 3.63) is 113 Å². The van der Waals surface area contributed by atoms with Crippen LogP contribution in [0.4, 0.5) is 10.5 Å². The van der Waals surface area contributed by atoms with E-state index in [9.17, 15) is 9.59 Å². The van der Waals surface area contributed by atoms with E-state index in [1.54, 1.807) is 19.9 Å². The number of halogens is 1. The Hall–Kier alpha value is -4.37. The SMILES string of the molecule is CCOC(=O)Cc1ccc(-c2ccc(-c3c(NC(=O)O[C@H](C)c4ccccc4Cl)c4ccccc4n3COCC[Si](C)(C)C)cc2)cc1. The first-order chi connectivity index (χ1) is 23.0. The number of para-hydroxylation sites is 1. The van der Waals surface area contributed by atoms with Gasteiger partial charge in [-0.25, -0.2) is 4.79 Å². The quantitative estimate of drug-likeness (QED) is 0.0759. The third-order valence-electron chi connectivity index (χ3n) is 8.14. The lowest BCUT2D eigenvalue weighted by molar-refractivity contribution is -0.142. The van der Waals surface area contributed by atoms with Gasteiger partial charge in [0.05, 0.1) is 29.9 Å². The number of benzene rings is 4. The molecule has 250 valence electrons. The predicted molar refractivity (Wildman–Crippen MR) is 197 cm³/mol. The monoisotopic (exact) mass is 682 g/mol. The van der Waals surface area contributed by atoms with Crippen LogP contribution in [0.15, 0.2) is 97.1 Å². The molecule has 0 saturated heterocycles. The van der Waals surface area contributed by atoms with Crippen molar-refractivity contribution in [2.45, 2.75) is 58.8 Å². The van der Waals surface area contributed by atoms with Crippen LogP contribution in [0.5, 0.6) is 0 Å². The number of carbonyl (C=O) groups excluding carboxylic acids is 2. The lowest BCUT2D eigenvalue weighted by Crippen LogP contribution is -2.22. The van der Waals surface area contributed by atoms with E-state index >= 15 is 0 Å². The van der Waals surface area contributed by atoms with Crippen molar-refractivity contribution in [2.24, 2.45) is 0 Å². The molecule has 0 bridgehead atoms. The molecule has 0 unspecified atom stereocenters. The van der Waals surface area contributed by atoms with E-state index in [1.807, 2.05) is 66.7 Å². The van der Waals surface area contributed by atoms with Crippen molar-refractivity contribution in [3.63, 3.8) is 0 Å². The second-order valence-electron chi connectivity index (χ2n) is 13.0. The summed E-state index contributed by atoms with van der Waals surface area (Å²) in [6, 6.07) is 32.5. The van der Waals surface area contributed by atoms with Gasteiger partial charge in [0.15, 0.2) is 0 Å². The Bertz CT molecular complexity index is 1860. The Morgan fingerprint density at radius 3 is 2.15 bits per heavy atom. The lowest BCUT2D eigenvalue weighted by Gasteiger charge is -2.18. The molecule has 1 amide bonds. The van der Waals surface area contributed by atoms with E-state index in [4.69, 9.17) is 25.8 Å². The molecular weight excluding hydrogens is 640 g/mol. The first kappa shape index (κ1) is 34.9. The van der Waals surface area contributed by atoms with Gasteiger partial charge in [0.25, 0.3) is 0 Å². The number of rotatable bonds is 13. The number of aromatic nitrogens is 1. The van der Waals surface area contributed by atoms with Crippen LogP contribution in [0.2, 0.25) is 30.7 Å². The van der Waals surface area contributed by atoms with Crippen molar-refractivity contribution in [1.82, 2.24) is 4.57 Å². The predicted octanol–water partition coefficient (Wildman–Crippen LogP) is 10.4. The Kier molecular flexibility index (Phi) is 11.4. The van der Waals surface area contributed by atoms with Gasteiger partial charge in [0.2, 0.25) is 0 Å². The Labute approximate surface area is 288 Å². The third-order valence-corrected chi connectivity index (χ3v) is 10.2. The first-order valence-electron chi connectivity index (χ1n) is 16.3. The first-order valence-corrected chi connectivity index (χ1v) is 20.4. The molecule has 48 heavy (non-hydrogen) atoms. The molecule has 5 rings (SSSR count). The molecule has 5 aromatic rings. The standard InChI is InChI=1S/C39H43ClN2O5Si/c1-6-46-36(43)25-28-15-17-29(18-16-28)30-19-21-31(22-20-30)38-37(41-39(44)47-27(2)32-11-7-9-13-34(32)40)33-12-8-10-14-35(33)42(38)26-45-23-24-48(3,4)5/h7-22,27H,6,23-26H2,1-5H3,(H,41,44)/t27-/m1/s1. The molecule has 0 aliphatic heterocycles. The molecule has 0 aliphatic carbocycles. The second kappa shape index (κ2) is 15.7. The van der Waals surface area contributed by atoms with Crippen molar-refractivity contribution in [3.8, 4) is 22.4 Å². The lowest BCUT2D eigenvalue weighted by atomic mass is 10.0. The minimum Gasteiger partial charge on any atom is -0.466 e. The van der Waals surface area contributed by atoms with Crippen LogP contribution < -0.4 is 5.32 Å². The number of ether oxygens (including phenoxy) is 3. The average Bonchev–Trinajstić information content (AvgIpc) is 3.36. The van der Waals surface area contributed by atoms with Crippen LogP contribution in [0.25, 0.3) is 33.3 Å². The summed E-state index contributed by atoms with van der Waals surface area (Å²) in [5, 5.41) is 4.49. The maximum absolute atomic E-state index is 13.4. The highest BCUT2D eigenvalue weighted by atomic mass is 35.5. The molecule has 0 fully saturated rings. The van der Waals surface area contributed by atoms with Crippen molar-refractivity contribution >= 4 is 48.3 Å². The van der Waals surface area contributed by atoms with E-state index in [1.165, 1.54) is 0 Å². The zero-order chi connectivity index (χ0) is 34.3.